The maximum atomic E-state index is 12.4. The summed E-state index contributed by atoms with van der Waals surface area (Å²) in [5, 5.41) is 21.4. The van der Waals surface area contributed by atoms with Crippen molar-refractivity contribution in [3.05, 3.63) is 29.3 Å². The van der Waals surface area contributed by atoms with Gasteiger partial charge in [0.05, 0.1) is 12.5 Å². The Labute approximate surface area is 120 Å². The number of nitrogens with zero attached hydrogens (tertiary/aromatic N) is 1. The summed E-state index contributed by atoms with van der Waals surface area (Å²) < 4.78 is 0. The van der Waals surface area contributed by atoms with E-state index in [9.17, 15) is 19.5 Å². The number of fused-ring (bicyclic) bond motifs is 1. The van der Waals surface area contributed by atoms with Crippen LogP contribution in [0.4, 0.5) is 5.69 Å². The van der Waals surface area contributed by atoms with E-state index < -0.39 is 24.0 Å². The van der Waals surface area contributed by atoms with Gasteiger partial charge in [0.2, 0.25) is 5.91 Å². The molecule has 0 aromatic heterocycles. The summed E-state index contributed by atoms with van der Waals surface area (Å²) in [6.07, 6.45) is -0.517. The second-order valence-electron chi connectivity index (χ2n) is 5.30. The average molecular weight is 290 g/mol. The van der Waals surface area contributed by atoms with E-state index in [4.69, 9.17) is 5.11 Å². The van der Waals surface area contributed by atoms with Crippen molar-refractivity contribution in [2.24, 2.45) is 0 Å². The van der Waals surface area contributed by atoms with E-state index in [1.807, 2.05) is 0 Å². The Morgan fingerprint density at radius 2 is 2.10 bits per heavy atom. The summed E-state index contributed by atoms with van der Waals surface area (Å²) in [5.41, 5.74) is 1.70. The van der Waals surface area contributed by atoms with Gasteiger partial charge in [-0.3, -0.25) is 9.59 Å². The predicted molar refractivity (Wildman–Crippen MR) is 71.9 cm³/mol. The third-order valence-corrected chi connectivity index (χ3v) is 3.81. The van der Waals surface area contributed by atoms with E-state index in [1.54, 1.807) is 18.2 Å². The zero-order chi connectivity index (χ0) is 15.1. The quantitative estimate of drug-likeness (QED) is 0.701. The molecule has 0 radical (unpaired) electrons. The van der Waals surface area contributed by atoms with Gasteiger partial charge in [-0.05, 0) is 17.7 Å². The van der Waals surface area contributed by atoms with E-state index in [0.717, 1.165) is 10.5 Å². The average Bonchev–Trinajstić information content (AvgIpc) is 2.98. The van der Waals surface area contributed by atoms with Crippen molar-refractivity contribution in [1.82, 2.24) is 4.90 Å². The lowest BCUT2D eigenvalue weighted by Crippen LogP contribution is -2.40. The van der Waals surface area contributed by atoms with Gasteiger partial charge in [-0.2, -0.15) is 0 Å². The fourth-order valence-electron chi connectivity index (χ4n) is 2.79. The van der Waals surface area contributed by atoms with Crippen molar-refractivity contribution in [3.63, 3.8) is 0 Å². The molecule has 1 fully saturated rings. The van der Waals surface area contributed by atoms with Crippen LogP contribution in [-0.4, -0.2) is 51.6 Å². The molecule has 2 atom stereocenters. The number of benzene rings is 1. The largest absolute Gasteiger partial charge is 0.480 e. The highest BCUT2D eigenvalue weighted by atomic mass is 16.4. The number of carboxylic acid groups (broad SMARTS) is 1. The van der Waals surface area contributed by atoms with E-state index in [-0.39, 0.29) is 25.3 Å². The molecule has 3 rings (SSSR count). The Morgan fingerprint density at radius 1 is 1.33 bits per heavy atom. The van der Waals surface area contributed by atoms with Gasteiger partial charge in [0, 0.05) is 24.2 Å². The minimum Gasteiger partial charge on any atom is -0.480 e. The lowest BCUT2D eigenvalue weighted by Gasteiger charge is -2.21. The molecule has 0 unspecified atom stereocenters. The lowest BCUT2D eigenvalue weighted by molar-refractivity contribution is -0.141. The van der Waals surface area contributed by atoms with Gasteiger partial charge < -0.3 is 20.4 Å². The number of anilines is 1. The number of rotatable bonds is 2. The molecule has 0 bridgehead atoms. The maximum Gasteiger partial charge on any atom is 0.326 e. The molecule has 2 amide bonds. The molecule has 2 heterocycles. The molecule has 3 N–H and O–H groups in total. The maximum absolute atomic E-state index is 12.4. The first-order valence-electron chi connectivity index (χ1n) is 6.60. The highest BCUT2D eigenvalue weighted by Gasteiger charge is 2.39. The molecule has 2 aliphatic rings. The highest BCUT2D eigenvalue weighted by molar-refractivity contribution is 6.03. The van der Waals surface area contributed by atoms with Crippen LogP contribution in [-0.2, 0) is 16.0 Å². The number of carbonyl (C=O) groups excluding carboxylic acids is 2. The number of carbonyl (C=O) groups is 3. The van der Waals surface area contributed by atoms with Gasteiger partial charge in [-0.1, -0.05) is 6.07 Å². The van der Waals surface area contributed by atoms with Crippen LogP contribution >= 0.6 is 0 Å². The third kappa shape index (κ3) is 2.36. The van der Waals surface area contributed by atoms with Crippen molar-refractivity contribution in [2.45, 2.75) is 25.0 Å². The molecular formula is C14H14N2O5. The molecule has 1 saturated heterocycles. The van der Waals surface area contributed by atoms with Gasteiger partial charge in [0.25, 0.3) is 5.91 Å². The minimum absolute atomic E-state index is 0.000750. The van der Waals surface area contributed by atoms with Crippen LogP contribution in [0, 0.1) is 0 Å². The molecule has 1 aromatic carbocycles. The summed E-state index contributed by atoms with van der Waals surface area (Å²) in [7, 11) is 0. The number of aliphatic carboxylic acids is 1. The summed E-state index contributed by atoms with van der Waals surface area (Å²) in [6, 6.07) is 3.79. The number of likely N-dealkylation sites (tertiary alicyclic amines) is 1. The summed E-state index contributed by atoms with van der Waals surface area (Å²) in [5.74, 6) is -1.72. The summed E-state index contributed by atoms with van der Waals surface area (Å²) >= 11 is 0. The predicted octanol–water partition coefficient (Wildman–Crippen LogP) is -0.159. The summed E-state index contributed by atoms with van der Waals surface area (Å²) in [6.45, 7) is -0.000750. The van der Waals surface area contributed by atoms with Crippen LogP contribution in [0.5, 0.6) is 0 Å². The molecule has 0 saturated carbocycles. The molecule has 21 heavy (non-hydrogen) atoms. The molecule has 7 nitrogen and oxygen atoms in total. The third-order valence-electron chi connectivity index (χ3n) is 3.81. The number of aliphatic hydroxyl groups excluding tert-OH is 1. The molecule has 110 valence electrons. The van der Waals surface area contributed by atoms with Crippen molar-refractivity contribution in [1.29, 1.82) is 0 Å². The number of carboxylic acids is 1. The fraction of sp³-hybridized carbons (Fsp3) is 0.357. The first-order valence-corrected chi connectivity index (χ1v) is 6.60. The van der Waals surface area contributed by atoms with E-state index in [1.165, 1.54) is 0 Å². The standard InChI is InChI=1S/C14H14N2O5/c17-9-5-11(14(20)21)16(6-9)13(19)8-2-1-7-4-12(18)15-10(7)3-8/h1-3,9,11,17H,4-6H2,(H,15,18)(H,20,21)/t9-,11-/m1/s1. The number of nitrogens with one attached hydrogen (secondary N) is 1. The number of β-amino-alcohol motifs (C(OH)–C–C–N with tert-alkyl or cyclic N) is 1. The monoisotopic (exact) mass is 290 g/mol. The number of amides is 2. The van der Waals surface area contributed by atoms with E-state index >= 15 is 0 Å². The first kappa shape index (κ1) is 13.6. The lowest BCUT2D eigenvalue weighted by atomic mass is 10.1. The Balaban J connectivity index is 1.87. The van der Waals surface area contributed by atoms with Crippen LogP contribution < -0.4 is 5.32 Å². The van der Waals surface area contributed by atoms with Gasteiger partial charge >= 0.3 is 5.97 Å². The second-order valence-corrected chi connectivity index (χ2v) is 5.30. The SMILES string of the molecule is O=C1Cc2ccc(C(=O)N3C[C@H](O)C[C@@H]3C(=O)O)cc2N1. The van der Waals surface area contributed by atoms with Crippen LogP contribution in [0.2, 0.25) is 0 Å². The van der Waals surface area contributed by atoms with Gasteiger partial charge in [-0.15, -0.1) is 0 Å². The zero-order valence-corrected chi connectivity index (χ0v) is 11.1. The Kier molecular flexibility index (Phi) is 3.13. The zero-order valence-electron chi connectivity index (χ0n) is 11.1. The van der Waals surface area contributed by atoms with Crippen LogP contribution in [0.3, 0.4) is 0 Å². The number of hydrogen-bond acceptors (Lipinski definition) is 4. The van der Waals surface area contributed by atoms with Crippen molar-refractivity contribution < 1.29 is 24.6 Å². The van der Waals surface area contributed by atoms with Crippen LogP contribution in [0.15, 0.2) is 18.2 Å². The normalized spacial score (nSPS) is 23.9. The number of aliphatic hydroxyl groups is 1. The molecule has 1 aromatic rings. The first-order chi connectivity index (χ1) is 9.95. The molecule has 2 aliphatic heterocycles. The smallest absolute Gasteiger partial charge is 0.326 e. The molecular weight excluding hydrogens is 276 g/mol. The van der Waals surface area contributed by atoms with Crippen molar-refractivity contribution in [2.75, 3.05) is 11.9 Å². The molecule has 0 spiro atoms. The highest BCUT2D eigenvalue weighted by Crippen LogP contribution is 2.26. The Morgan fingerprint density at radius 3 is 2.81 bits per heavy atom. The Hall–Kier alpha value is -2.41. The van der Waals surface area contributed by atoms with Crippen LogP contribution in [0.25, 0.3) is 0 Å². The van der Waals surface area contributed by atoms with Crippen molar-refractivity contribution in [3.8, 4) is 0 Å². The van der Waals surface area contributed by atoms with Crippen molar-refractivity contribution >= 4 is 23.5 Å². The number of hydrogen-bond donors (Lipinski definition) is 3. The molecule has 7 heteroatoms. The fourth-order valence-corrected chi connectivity index (χ4v) is 2.79. The van der Waals surface area contributed by atoms with Gasteiger partial charge in [0.1, 0.15) is 6.04 Å². The second kappa shape index (κ2) is 4.85. The Bertz CT molecular complexity index is 642. The van der Waals surface area contributed by atoms with Gasteiger partial charge in [-0.25, -0.2) is 4.79 Å². The summed E-state index contributed by atoms with van der Waals surface area (Å²) in [4.78, 5) is 36.1. The van der Waals surface area contributed by atoms with E-state index in [0.29, 0.717) is 11.3 Å². The van der Waals surface area contributed by atoms with E-state index in [2.05, 4.69) is 5.32 Å². The topological polar surface area (TPSA) is 107 Å². The van der Waals surface area contributed by atoms with Crippen LogP contribution in [0.1, 0.15) is 22.3 Å². The minimum atomic E-state index is -1.13. The molecule has 0 aliphatic carbocycles. The van der Waals surface area contributed by atoms with Gasteiger partial charge in [0.15, 0.2) is 0 Å².